The summed E-state index contributed by atoms with van der Waals surface area (Å²) in [7, 11) is 1.52. The third kappa shape index (κ3) is 3.75. The van der Waals surface area contributed by atoms with Gasteiger partial charge in [-0.3, -0.25) is 4.79 Å². The topological polar surface area (TPSA) is 55.8 Å². The van der Waals surface area contributed by atoms with Gasteiger partial charge in [0.05, 0.1) is 13.7 Å². The lowest BCUT2D eigenvalue weighted by molar-refractivity contribution is -0.123. The van der Waals surface area contributed by atoms with E-state index in [1.807, 2.05) is 13.8 Å². The first-order valence-electron chi connectivity index (χ1n) is 5.51. The molecule has 17 heavy (non-hydrogen) atoms. The second-order valence-electron chi connectivity index (χ2n) is 4.05. The number of benzene rings is 1. The van der Waals surface area contributed by atoms with Gasteiger partial charge in [0, 0.05) is 5.92 Å². The van der Waals surface area contributed by atoms with Crippen LogP contribution in [0.15, 0.2) is 18.2 Å². The summed E-state index contributed by atoms with van der Waals surface area (Å²) in [6, 6.07) is 5.12. The number of rotatable bonds is 6. The average Bonchev–Trinajstić information content (AvgIpc) is 2.35. The Morgan fingerprint density at radius 1 is 1.35 bits per heavy atom. The Bertz CT molecular complexity index is 385. The van der Waals surface area contributed by atoms with E-state index in [-0.39, 0.29) is 24.9 Å². The highest BCUT2D eigenvalue weighted by atomic mass is 16.5. The van der Waals surface area contributed by atoms with E-state index in [9.17, 15) is 4.79 Å². The van der Waals surface area contributed by atoms with Gasteiger partial charge in [0.25, 0.3) is 0 Å². The largest absolute Gasteiger partial charge is 0.493 e. The summed E-state index contributed by atoms with van der Waals surface area (Å²) in [5.41, 5.74) is 0.740. The van der Waals surface area contributed by atoms with Gasteiger partial charge in [-0.25, -0.2) is 0 Å². The van der Waals surface area contributed by atoms with Gasteiger partial charge >= 0.3 is 0 Å². The zero-order valence-electron chi connectivity index (χ0n) is 10.4. The van der Waals surface area contributed by atoms with Crippen molar-refractivity contribution in [3.8, 4) is 11.5 Å². The number of carbonyl (C=O) groups is 1. The molecule has 0 aliphatic carbocycles. The highest BCUT2D eigenvalue weighted by Gasteiger charge is 2.10. The van der Waals surface area contributed by atoms with E-state index >= 15 is 0 Å². The third-order valence-corrected chi connectivity index (χ3v) is 2.42. The summed E-state index contributed by atoms with van der Waals surface area (Å²) >= 11 is 0. The van der Waals surface area contributed by atoms with Crippen molar-refractivity contribution in [3.63, 3.8) is 0 Å². The molecule has 0 aromatic heterocycles. The van der Waals surface area contributed by atoms with Crippen molar-refractivity contribution < 1.29 is 19.4 Å². The molecule has 1 aromatic carbocycles. The molecule has 0 bridgehead atoms. The number of methoxy groups -OCH3 is 1. The van der Waals surface area contributed by atoms with Gasteiger partial charge in [-0.2, -0.15) is 0 Å². The Kier molecular flexibility index (Phi) is 4.97. The fraction of sp³-hybridized carbons (Fsp3) is 0.462. The molecule has 0 aliphatic rings. The number of aliphatic hydroxyl groups excluding tert-OH is 1. The number of aliphatic hydroxyl groups is 1. The van der Waals surface area contributed by atoms with E-state index in [0.717, 1.165) is 5.56 Å². The molecule has 0 unspecified atom stereocenters. The molecule has 1 aromatic rings. The van der Waals surface area contributed by atoms with Crippen molar-refractivity contribution in [1.82, 2.24) is 0 Å². The summed E-state index contributed by atoms with van der Waals surface area (Å²) in [6.45, 7) is 3.64. The molecule has 0 spiro atoms. The van der Waals surface area contributed by atoms with Gasteiger partial charge in [-0.1, -0.05) is 19.9 Å². The molecule has 0 saturated carbocycles. The lowest BCUT2D eigenvalue weighted by atomic mass is 10.1. The predicted molar refractivity (Wildman–Crippen MR) is 64.3 cm³/mol. The third-order valence-electron chi connectivity index (χ3n) is 2.42. The fourth-order valence-corrected chi connectivity index (χ4v) is 1.25. The van der Waals surface area contributed by atoms with E-state index in [2.05, 4.69) is 0 Å². The summed E-state index contributed by atoms with van der Waals surface area (Å²) in [4.78, 5) is 11.4. The van der Waals surface area contributed by atoms with Crippen LogP contribution in [0, 0.1) is 5.92 Å². The first-order chi connectivity index (χ1) is 8.08. The Labute approximate surface area is 101 Å². The summed E-state index contributed by atoms with van der Waals surface area (Å²) in [6.07, 6.45) is 0. The van der Waals surface area contributed by atoms with E-state index in [0.29, 0.717) is 11.5 Å². The van der Waals surface area contributed by atoms with Crippen LogP contribution in [0.3, 0.4) is 0 Å². The molecular formula is C13H18O4. The fourth-order valence-electron chi connectivity index (χ4n) is 1.25. The highest BCUT2D eigenvalue weighted by molar-refractivity contribution is 5.81. The molecule has 0 fully saturated rings. The van der Waals surface area contributed by atoms with Crippen LogP contribution in [0.1, 0.15) is 19.4 Å². The molecule has 0 saturated heterocycles. The Morgan fingerprint density at radius 3 is 2.59 bits per heavy atom. The van der Waals surface area contributed by atoms with Crippen LogP contribution in [0.5, 0.6) is 11.5 Å². The Hall–Kier alpha value is -1.55. The normalized spacial score (nSPS) is 10.4. The smallest absolute Gasteiger partial charge is 0.172 e. The Morgan fingerprint density at radius 2 is 2.06 bits per heavy atom. The van der Waals surface area contributed by atoms with E-state index < -0.39 is 0 Å². The van der Waals surface area contributed by atoms with Crippen molar-refractivity contribution in [1.29, 1.82) is 0 Å². The molecule has 0 amide bonds. The highest BCUT2D eigenvalue weighted by Crippen LogP contribution is 2.28. The molecule has 1 N–H and O–H groups in total. The molecule has 0 atom stereocenters. The zero-order chi connectivity index (χ0) is 12.8. The minimum Gasteiger partial charge on any atom is -0.493 e. The van der Waals surface area contributed by atoms with Gasteiger partial charge in [-0.05, 0) is 17.7 Å². The maximum absolute atomic E-state index is 11.4. The van der Waals surface area contributed by atoms with E-state index in [1.165, 1.54) is 7.11 Å². The van der Waals surface area contributed by atoms with Gasteiger partial charge in [0.1, 0.15) is 6.61 Å². The summed E-state index contributed by atoms with van der Waals surface area (Å²) < 4.78 is 10.5. The van der Waals surface area contributed by atoms with Gasteiger partial charge < -0.3 is 14.6 Å². The van der Waals surface area contributed by atoms with Crippen molar-refractivity contribution in [2.24, 2.45) is 5.92 Å². The number of carbonyl (C=O) groups excluding carboxylic acids is 1. The number of hydrogen-bond donors (Lipinski definition) is 1. The molecule has 4 heteroatoms. The lowest BCUT2D eigenvalue weighted by Crippen LogP contribution is -2.17. The molecule has 0 aliphatic heterocycles. The number of ether oxygens (including phenoxy) is 2. The van der Waals surface area contributed by atoms with Gasteiger partial charge in [0.2, 0.25) is 0 Å². The standard InChI is InChI=1S/C13H18O4/c1-9(2)11(15)8-17-12-5-4-10(7-14)6-13(12)16-3/h4-6,9,14H,7-8H2,1-3H3. The second-order valence-corrected chi connectivity index (χ2v) is 4.05. The summed E-state index contributed by atoms with van der Waals surface area (Å²) in [5, 5.41) is 8.99. The monoisotopic (exact) mass is 238 g/mol. The minimum atomic E-state index is -0.0540. The summed E-state index contributed by atoms with van der Waals surface area (Å²) in [5.74, 6) is 1.03. The molecule has 1 rings (SSSR count). The molecule has 4 nitrogen and oxygen atoms in total. The van der Waals surface area contributed by atoms with Crippen LogP contribution in [-0.4, -0.2) is 24.6 Å². The zero-order valence-corrected chi connectivity index (χ0v) is 10.4. The predicted octanol–water partition coefficient (Wildman–Crippen LogP) is 1.79. The average molecular weight is 238 g/mol. The number of hydrogen-bond acceptors (Lipinski definition) is 4. The van der Waals surface area contributed by atoms with Gasteiger partial charge in [-0.15, -0.1) is 0 Å². The maximum atomic E-state index is 11.4. The molecular weight excluding hydrogens is 220 g/mol. The van der Waals surface area contributed by atoms with Crippen molar-refractivity contribution >= 4 is 5.78 Å². The number of Topliss-reactive ketones (excluding diaryl/α,β-unsaturated/α-hetero) is 1. The quantitative estimate of drug-likeness (QED) is 0.821. The SMILES string of the molecule is COc1cc(CO)ccc1OCC(=O)C(C)C. The van der Waals surface area contributed by atoms with Crippen LogP contribution in [-0.2, 0) is 11.4 Å². The van der Waals surface area contributed by atoms with E-state index in [1.54, 1.807) is 18.2 Å². The van der Waals surface area contributed by atoms with Crippen molar-refractivity contribution in [2.45, 2.75) is 20.5 Å². The molecule has 0 heterocycles. The van der Waals surface area contributed by atoms with Crippen LogP contribution < -0.4 is 9.47 Å². The van der Waals surface area contributed by atoms with Gasteiger partial charge in [0.15, 0.2) is 17.3 Å². The van der Waals surface area contributed by atoms with Crippen molar-refractivity contribution in [2.75, 3.05) is 13.7 Å². The second kappa shape index (κ2) is 6.25. The first kappa shape index (κ1) is 13.5. The maximum Gasteiger partial charge on any atom is 0.172 e. The number of ketones is 1. The van der Waals surface area contributed by atoms with Crippen LogP contribution in [0.25, 0.3) is 0 Å². The van der Waals surface area contributed by atoms with Crippen molar-refractivity contribution in [3.05, 3.63) is 23.8 Å². The van der Waals surface area contributed by atoms with Crippen LogP contribution >= 0.6 is 0 Å². The van der Waals surface area contributed by atoms with E-state index in [4.69, 9.17) is 14.6 Å². The van der Waals surface area contributed by atoms with Crippen LogP contribution in [0.2, 0.25) is 0 Å². The first-order valence-corrected chi connectivity index (χ1v) is 5.51. The van der Waals surface area contributed by atoms with Crippen LogP contribution in [0.4, 0.5) is 0 Å². The molecule has 94 valence electrons. The Balaban J connectivity index is 2.74. The minimum absolute atomic E-state index is 0.0342. The molecule has 0 radical (unpaired) electrons. The lowest BCUT2D eigenvalue weighted by Gasteiger charge is -2.12.